The predicted octanol–water partition coefficient (Wildman–Crippen LogP) is -1.32. The van der Waals surface area contributed by atoms with Gasteiger partial charge in [0.2, 0.25) is 11.8 Å². The van der Waals surface area contributed by atoms with E-state index in [9.17, 15) is 29.8 Å². The van der Waals surface area contributed by atoms with Crippen LogP contribution < -0.4 is 21.4 Å². The summed E-state index contributed by atoms with van der Waals surface area (Å²) in [6.07, 6.45) is 2.21. The molecule has 0 fully saturated rings. The van der Waals surface area contributed by atoms with Crippen molar-refractivity contribution in [3.63, 3.8) is 0 Å². The molecule has 0 aromatic carbocycles. The molecular formula is C15H29BN6O6. The maximum atomic E-state index is 12.5. The summed E-state index contributed by atoms with van der Waals surface area (Å²) in [5.74, 6) is -2.28. The van der Waals surface area contributed by atoms with Crippen molar-refractivity contribution in [1.82, 2.24) is 21.4 Å². The summed E-state index contributed by atoms with van der Waals surface area (Å²) in [4.78, 5) is 34.6. The first kappa shape index (κ1) is 25.3. The van der Waals surface area contributed by atoms with E-state index in [1.54, 1.807) is 5.43 Å². The number of amides is 2. The Morgan fingerprint density at radius 3 is 2.46 bits per heavy atom. The van der Waals surface area contributed by atoms with Gasteiger partial charge in [0.25, 0.3) is 5.96 Å². The number of hydrogen-bond acceptors (Lipinski definition) is 7. The average Bonchev–Trinajstić information content (AvgIpc) is 2.55. The molecule has 12 nitrogen and oxygen atoms in total. The molecule has 0 radical (unpaired) electrons. The van der Waals surface area contributed by atoms with Gasteiger partial charge in [0.05, 0.1) is 5.94 Å². The third-order valence-corrected chi connectivity index (χ3v) is 3.57. The van der Waals surface area contributed by atoms with Crippen LogP contribution in [0.3, 0.4) is 0 Å². The lowest BCUT2D eigenvalue weighted by Gasteiger charge is -2.24. The van der Waals surface area contributed by atoms with Crippen LogP contribution in [0.15, 0.2) is 12.7 Å². The van der Waals surface area contributed by atoms with Gasteiger partial charge in [0, 0.05) is 13.0 Å². The minimum Gasteiger partial charge on any atom is -0.426 e. The van der Waals surface area contributed by atoms with Crippen LogP contribution >= 0.6 is 0 Å². The second-order valence-corrected chi connectivity index (χ2v) is 6.58. The molecule has 28 heavy (non-hydrogen) atoms. The van der Waals surface area contributed by atoms with E-state index in [1.807, 2.05) is 13.8 Å². The molecule has 0 heterocycles. The molecule has 2 amide bonds. The fourth-order valence-electron chi connectivity index (χ4n) is 2.35. The van der Waals surface area contributed by atoms with Crippen molar-refractivity contribution in [2.45, 2.75) is 51.5 Å². The molecule has 0 saturated heterocycles. The molecule has 0 aliphatic heterocycles. The van der Waals surface area contributed by atoms with E-state index >= 15 is 0 Å². The highest BCUT2D eigenvalue weighted by molar-refractivity contribution is 6.43. The number of guanidine groups is 1. The van der Waals surface area contributed by atoms with Gasteiger partial charge in [-0.15, -0.1) is 6.58 Å². The summed E-state index contributed by atoms with van der Waals surface area (Å²) in [5.41, 5.74) is 1.64. The topological polar surface area (TPSA) is 190 Å². The summed E-state index contributed by atoms with van der Waals surface area (Å²) in [6.45, 7) is 7.34. The van der Waals surface area contributed by atoms with Crippen LogP contribution in [-0.4, -0.2) is 58.5 Å². The van der Waals surface area contributed by atoms with Crippen molar-refractivity contribution in [3.8, 4) is 0 Å². The van der Waals surface area contributed by atoms with E-state index in [4.69, 9.17) is 5.41 Å². The van der Waals surface area contributed by atoms with Crippen LogP contribution in [0.1, 0.15) is 39.5 Å². The van der Waals surface area contributed by atoms with Crippen LogP contribution in [0.4, 0.5) is 0 Å². The Morgan fingerprint density at radius 2 is 1.96 bits per heavy atom. The standard InChI is InChI=1S/C15H29BN6O6/c1-4-6-13(23)19-11(7-5-8-18-15(17)21-22(27)28)14(24)20-12(16(25)26)9-10(2)3/h4,10-12,25-26H,1,5-9H2,2-3H3,(H,19,23)(H,20,24)(H3,17,18,21)/t11-,12-/m0/s1. The molecule has 0 bridgehead atoms. The van der Waals surface area contributed by atoms with Crippen molar-refractivity contribution >= 4 is 24.9 Å². The molecule has 7 N–H and O–H groups in total. The fraction of sp³-hybridized carbons (Fsp3) is 0.667. The Morgan fingerprint density at radius 1 is 1.32 bits per heavy atom. The van der Waals surface area contributed by atoms with Crippen molar-refractivity contribution in [3.05, 3.63) is 22.8 Å². The second kappa shape index (κ2) is 13.5. The van der Waals surface area contributed by atoms with Gasteiger partial charge in [-0.25, -0.2) is 10.1 Å². The van der Waals surface area contributed by atoms with Crippen LogP contribution in [0, 0.1) is 21.4 Å². The zero-order valence-electron chi connectivity index (χ0n) is 16.1. The SMILES string of the molecule is C=CCC(=O)N[C@@H](CCCNC(=N)N[N+](=O)[O-])C(=O)N[C@@H](CC(C)C)B(O)O. The number of nitrogens with zero attached hydrogens (tertiary/aromatic N) is 1. The largest absolute Gasteiger partial charge is 0.475 e. The summed E-state index contributed by atoms with van der Waals surface area (Å²) < 4.78 is 0. The minimum absolute atomic E-state index is 0.0114. The number of hydrazine groups is 1. The fourth-order valence-corrected chi connectivity index (χ4v) is 2.35. The Hall–Kier alpha value is -2.67. The molecule has 0 saturated carbocycles. The zero-order valence-corrected chi connectivity index (χ0v) is 16.1. The van der Waals surface area contributed by atoms with E-state index in [1.165, 1.54) is 6.08 Å². The van der Waals surface area contributed by atoms with E-state index in [2.05, 4.69) is 22.5 Å². The van der Waals surface area contributed by atoms with Gasteiger partial charge in [-0.2, -0.15) is 0 Å². The van der Waals surface area contributed by atoms with Crippen molar-refractivity contribution < 1.29 is 24.7 Å². The van der Waals surface area contributed by atoms with E-state index in [0.29, 0.717) is 12.8 Å². The van der Waals surface area contributed by atoms with Crippen LogP contribution in [0.2, 0.25) is 0 Å². The van der Waals surface area contributed by atoms with Crippen molar-refractivity contribution in [1.29, 1.82) is 5.41 Å². The van der Waals surface area contributed by atoms with Crippen LogP contribution in [-0.2, 0) is 9.59 Å². The first-order valence-corrected chi connectivity index (χ1v) is 8.87. The molecule has 0 aliphatic rings. The van der Waals surface area contributed by atoms with Gasteiger partial charge in [0.15, 0.2) is 5.03 Å². The monoisotopic (exact) mass is 400 g/mol. The summed E-state index contributed by atoms with van der Waals surface area (Å²) in [6, 6.07) is -0.944. The maximum absolute atomic E-state index is 12.5. The molecular weight excluding hydrogens is 371 g/mol. The number of carbonyl (C=O) groups excluding carboxylic acids is 2. The molecule has 0 aromatic rings. The lowest BCUT2D eigenvalue weighted by atomic mass is 9.75. The first-order valence-electron chi connectivity index (χ1n) is 8.87. The van der Waals surface area contributed by atoms with E-state index < -0.39 is 41.9 Å². The number of carbonyl (C=O) groups is 2. The number of nitro groups is 1. The van der Waals surface area contributed by atoms with Gasteiger partial charge in [0.1, 0.15) is 6.04 Å². The minimum atomic E-state index is -1.74. The van der Waals surface area contributed by atoms with Crippen molar-refractivity contribution in [2.75, 3.05) is 6.54 Å². The molecule has 0 unspecified atom stereocenters. The van der Waals surface area contributed by atoms with Crippen LogP contribution in [0.5, 0.6) is 0 Å². The number of nitrogens with one attached hydrogen (secondary N) is 5. The van der Waals surface area contributed by atoms with Gasteiger partial charge < -0.3 is 26.0 Å². The lowest BCUT2D eigenvalue weighted by molar-refractivity contribution is -0.525. The summed E-state index contributed by atoms with van der Waals surface area (Å²) in [5, 5.41) is 43.1. The number of hydrogen-bond donors (Lipinski definition) is 7. The Kier molecular flexibility index (Phi) is 12.2. The second-order valence-electron chi connectivity index (χ2n) is 6.58. The van der Waals surface area contributed by atoms with E-state index in [0.717, 1.165) is 0 Å². The smallest absolute Gasteiger partial charge is 0.426 e. The molecule has 0 aliphatic carbocycles. The highest BCUT2D eigenvalue weighted by Gasteiger charge is 2.29. The Balaban J connectivity index is 4.82. The van der Waals surface area contributed by atoms with Crippen LogP contribution in [0.25, 0.3) is 0 Å². The summed E-state index contributed by atoms with van der Waals surface area (Å²) >= 11 is 0. The third kappa shape index (κ3) is 11.9. The predicted molar refractivity (Wildman–Crippen MR) is 103 cm³/mol. The normalized spacial score (nSPS) is 12.5. The first-order chi connectivity index (χ1) is 13.1. The molecule has 13 heteroatoms. The maximum Gasteiger partial charge on any atom is 0.475 e. The van der Waals surface area contributed by atoms with Gasteiger partial charge in [-0.3, -0.25) is 15.0 Å². The quantitative estimate of drug-likeness (QED) is 0.0376. The summed E-state index contributed by atoms with van der Waals surface area (Å²) in [7, 11) is -1.74. The molecule has 0 rings (SSSR count). The Labute approximate surface area is 163 Å². The average molecular weight is 400 g/mol. The van der Waals surface area contributed by atoms with Gasteiger partial charge in [-0.1, -0.05) is 25.3 Å². The Bertz CT molecular complexity index is 559. The van der Waals surface area contributed by atoms with E-state index in [-0.39, 0.29) is 25.3 Å². The molecule has 0 aromatic heterocycles. The highest BCUT2D eigenvalue weighted by atomic mass is 16.7. The van der Waals surface area contributed by atoms with Gasteiger partial charge >= 0.3 is 7.12 Å². The molecule has 2 atom stereocenters. The van der Waals surface area contributed by atoms with Crippen molar-refractivity contribution in [2.24, 2.45) is 5.92 Å². The zero-order chi connectivity index (χ0) is 21.7. The molecule has 0 spiro atoms. The molecule has 158 valence electrons. The number of rotatable bonds is 13. The highest BCUT2D eigenvalue weighted by Crippen LogP contribution is 2.07. The lowest BCUT2D eigenvalue weighted by Crippen LogP contribution is -2.54. The van der Waals surface area contributed by atoms with Gasteiger partial charge in [-0.05, 0) is 25.2 Å². The third-order valence-electron chi connectivity index (χ3n) is 3.57.